The highest BCUT2D eigenvalue weighted by molar-refractivity contribution is 9.12. The predicted octanol–water partition coefficient (Wildman–Crippen LogP) is 4.30. The Labute approximate surface area is 130 Å². The van der Waals surface area contributed by atoms with Crippen LogP contribution in [0.25, 0.3) is 16.5 Å². The Morgan fingerprint density at radius 1 is 1.45 bits per heavy atom. The predicted molar refractivity (Wildman–Crippen MR) is 87.4 cm³/mol. The van der Waals surface area contributed by atoms with Gasteiger partial charge in [-0.2, -0.15) is 5.26 Å². The monoisotopic (exact) mass is 347 g/mol. The van der Waals surface area contributed by atoms with Crippen molar-refractivity contribution in [3.63, 3.8) is 0 Å². The number of benzene rings is 2. The molecule has 0 unspecified atom stereocenters. The van der Waals surface area contributed by atoms with E-state index >= 15 is 0 Å². The molecule has 0 radical (unpaired) electrons. The number of nitriles is 1. The number of hydrogen-bond acceptors (Lipinski definition) is 3. The van der Waals surface area contributed by atoms with Crippen LogP contribution in [0.15, 0.2) is 34.8 Å². The maximum atomic E-state index is 9.51. The van der Waals surface area contributed by atoms with Crippen LogP contribution in [0, 0.1) is 16.7 Å². The van der Waals surface area contributed by atoms with Crippen LogP contribution in [0.1, 0.15) is 11.1 Å². The fourth-order valence-electron chi connectivity index (χ4n) is 2.11. The van der Waals surface area contributed by atoms with Crippen LogP contribution < -0.4 is 5.32 Å². The number of rotatable bonds is 3. The summed E-state index contributed by atoms with van der Waals surface area (Å²) < 4.78 is 0.536. The summed E-state index contributed by atoms with van der Waals surface area (Å²) in [5.74, 6) is 0. The highest BCUT2D eigenvalue weighted by atomic mass is 79.9. The molecule has 2 aromatic rings. The second-order valence-corrected chi connectivity index (χ2v) is 5.32. The van der Waals surface area contributed by atoms with Gasteiger partial charge in [-0.15, -0.1) is 0 Å². The maximum absolute atomic E-state index is 9.51. The molecule has 0 aliphatic carbocycles. The molecule has 0 aliphatic rings. The van der Waals surface area contributed by atoms with Gasteiger partial charge in [-0.1, -0.05) is 35.9 Å². The lowest BCUT2D eigenvalue weighted by molar-refractivity contribution is 1.13. The van der Waals surface area contributed by atoms with Crippen molar-refractivity contribution in [1.82, 2.24) is 5.32 Å². The van der Waals surface area contributed by atoms with E-state index in [1.807, 2.05) is 30.3 Å². The minimum absolute atomic E-state index is 0.475. The lowest BCUT2D eigenvalue weighted by Gasteiger charge is -2.14. The average molecular weight is 349 g/mol. The summed E-state index contributed by atoms with van der Waals surface area (Å²) in [7, 11) is 1.73. The highest BCUT2D eigenvalue weighted by Crippen LogP contribution is 2.34. The van der Waals surface area contributed by atoms with E-state index in [1.54, 1.807) is 7.05 Å². The zero-order valence-electron chi connectivity index (χ0n) is 10.7. The first-order valence-electron chi connectivity index (χ1n) is 5.83. The smallest absolute Gasteiger partial charge is 0.101 e. The molecule has 5 heteroatoms. The molecule has 3 nitrogen and oxygen atoms in total. The van der Waals surface area contributed by atoms with Gasteiger partial charge >= 0.3 is 0 Å². The van der Waals surface area contributed by atoms with Crippen molar-refractivity contribution in [2.75, 3.05) is 7.05 Å². The summed E-state index contributed by atoms with van der Waals surface area (Å²) in [5, 5.41) is 22.1. The minimum Gasteiger partial charge on any atom is -0.387 e. The Morgan fingerprint density at radius 3 is 2.75 bits per heavy atom. The molecule has 0 amide bonds. The molecular weight excluding hydrogens is 338 g/mol. The van der Waals surface area contributed by atoms with E-state index in [2.05, 4.69) is 27.3 Å². The first kappa shape index (κ1) is 14.6. The van der Waals surface area contributed by atoms with Crippen molar-refractivity contribution in [1.29, 1.82) is 10.7 Å². The number of fused-ring (bicyclic) bond motifs is 1. The molecule has 2 N–H and O–H groups in total. The summed E-state index contributed by atoms with van der Waals surface area (Å²) in [6.45, 7) is 0. The molecule has 0 aromatic heterocycles. The Morgan fingerprint density at radius 2 is 2.15 bits per heavy atom. The van der Waals surface area contributed by atoms with Crippen molar-refractivity contribution in [2.24, 2.45) is 0 Å². The Hall–Kier alpha value is -1.83. The van der Waals surface area contributed by atoms with Crippen LogP contribution in [0.4, 0.5) is 0 Å². The Bertz CT molecular complexity index is 760. The van der Waals surface area contributed by atoms with Crippen LogP contribution in [0.5, 0.6) is 0 Å². The number of nitrogens with one attached hydrogen (secondary N) is 2. The third-order valence-corrected chi connectivity index (χ3v) is 3.90. The van der Waals surface area contributed by atoms with Gasteiger partial charge in [0.05, 0.1) is 20.8 Å². The largest absolute Gasteiger partial charge is 0.387 e. The second-order valence-electron chi connectivity index (χ2n) is 4.06. The zero-order chi connectivity index (χ0) is 14.7. The van der Waals surface area contributed by atoms with Crippen LogP contribution in [0.3, 0.4) is 0 Å². The molecule has 100 valence electrons. The molecule has 20 heavy (non-hydrogen) atoms. The molecule has 0 aliphatic heterocycles. The lowest BCUT2D eigenvalue weighted by Crippen LogP contribution is -2.09. The standard InChI is InChI=1S/C15H11BrClN3/c1-20-15(12(16)8-19)14-11(7-18)10-5-3-2-4-9(10)6-13(14)17/h2-6,8,19-20H,1H3/b15-12+,19-8?. The number of halogens is 2. The molecule has 0 saturated carbocycles. The van der Waals surface area contributed by atoms with Gasteiger partial charge in [0.25, 0.3) is 0 Å². The van der Waals surface area contributed by atoms with E-state index in [4.69, 9.17) is 17.0 Å². The van der Waals surface area contributed by atoms with E-state index in [1.165, 1.54) is 6.21 Å². The molecule has 0 bridgehead atoms. The van der Waals surface area contributed by atoms with Gasteiger partial charge in [0, 0.05) is 24.2 Å². The van der Waals surface area contributed by atoms with E-state index in [-0.39, 0.29) is 0 Å². The number of hydrogen-bond donors (Lipinski definition) is 2. The fraction of sp³-hybridized carbons (Fsp3) is 0.0667. The summed E-state index contributed by atoms with van der Waals surface area (Å²) in [5.41, 5.74) is 1.72. The molecule has 0 saturated heterocycles. The van der Waals surface area contributed by atoms with E-state index in [9.17, 15) is 5.26 Å². The highest BCUT2D eigenvalue weighted by Gasteiger charge is 2.17. The van der Waals surface area contributed by atoms with Crippen LogP contribution in [-0.4, -0.2) is 13.3 Å². The van der Waals surface area contributed by atoms with Crippen LogP contribution in [-0.2, 0) is 0 Å². The van der Waals surface area contributed by atoms with Gasteiger partial charge in [0.2, 0.25) is 0 Å². The van der Waals surface area contributed by atoms with Crippen LogP contribution >= 0.6 is 27.5 Å². The Kier molecular flexibility index (Phi) is 4.43. The van der Waals surface area contributed by atoms with Crippen LogP contribution in [0.2, 0.25) is 5.02 Å². The average Bonchev–Trinajstić information content (AvgIpc) is 2.47. The second kappa shape index (κ2) is 6.08. The molecule has 0 spiro atoms. The van der Waals surface area contributed by atoms with Gasteiger partial charge in [-0.05, 0) is 27.4 Å². The number of nitrogens with zero attached hydrogens (tertiary/aromatic N) is 1. The summed E-state index contributed by atoms with van der Waals surface area (Å²) >= 11 is 9.65. The van der Waals surface area contributed by atoms with Crippen molar-refractivity contribution in [3.8, 4) is 6.07 Å². The van der Waals surface area contributed by atoms with E-state index in [0.717, 1.165) is 10.8 Å². The minimum atomic E-state index is 0.475. The van der Waals surface area contributed by atoms with Crippen molar-refractivity contribution < 1.29 is 0 Å². The van der Waals surface area contributed by atoms with E-state index < -0.39 is 0 Å². The first-order valence-corrected chi connectivity index (χ1v) is 7.00. The Balaban J connectivity index is 2.93. The van der Waals surface area contributed by atoms with Gasteiger partial charge in [0.15, 0.2) is 0 Å². The fourth-order valence-corrected chi connectivity index (χ4v) is 2.81. The number of allylic oxidation sites excluding steroid dienone is 1. The molecule has 0 fully saturated rings. The van der Waals surface area contributed by atoms with Crippen molar-refractivity contribution >= 4 is 50.2 Å². The first-order chi connectivity index (χ1) is 9.63. The molecule has 0 atom stereocenters. The van der Waals surface area contributed by atoms with Crippen molar-refractivity contribution in [2.45, 2.75) is 0 Å². The SMILES string of the molecule is CN/C(=C(/Br)C=N)c1c(Cl)cc2ccccc2c1C#N. The molecule has 2 rings (SSSR count). The summed E-state index contributed by atoms with van der Waals surface area (Å²) in [6.07, 6.45) is 1.17. The maximum Gasteiger partial charge on any atom is 0.101 e. The molecular formula is C15H11BrClN3. The van der Waals surface area contributed by atoms with Gasteiger partial charge < -0.3 is 10.7 Å². The quantitative estimate of drug-likeness (QED) is 0.813. The summed E-state index contributed by atoms with van der Waals surface area (Å²) in [4.78, 5) is 0. The normalized spacial score (nSPS) is 11.7. The summed E-state index contributed by atoms with van der Waals surface area (Å²) in [6, 6.07) is 11.6. The zero-order valence-corrected chi connectivity index (χ0v) is 13.0. The lowest BCUT2D eigenvalue weighted by atomic mass is 9.97. The molecule has 0 heterocycles. The third kappa shape index (κ3) is 2.43. The topological polar surface area (TPSA) is 59.7 Å². The third-order valence-electron chi connectivity index (χ3n) is 2.98. The van der Waals surface area contributed by atoms with Gasteiger partial charge in [0.1, 0.15) is 6.07 Å². The molecule has 2 aromatic carbocycles. The van der Waals surface area contributed by atoms with E-state index in [0.29, 0.717) is 26.3 Å². The van der Waals surface area contributed by atoms with Gasteiger partial charge in [-0.3, -0.25) is 0 Å². The van der Waals surface area contributed by atoms with Gasteiger partial charge in [-0.25, -0.2) is 0 Å². The van der Waals surface area contributed by atoms with Crippen molar-refractivity contribution in [3.05, 3.63) is 51.0 Å².